The number of hydrogen-bond donors (Lipinski definition) is 1. The number of fused-ring (bicyclic) bond motifs is 2. The number of benzene rings is 2. The average Bonchev–Trinajstić information content (AvgIpc) is 3.30. The molecule has 0 aromatic heterocycles. The number of hydrogen-bond acceptors (Lipinski definition) is 3. The Balaban J connectivity index is 1.62. The first-order valence-electron chi connectivity index (χ1n) is 9.67. The molecule has 5 nitrogen and oxygen atoms in total. The Morgan fingerprint density at radius 3 is 2.45 bits per heavy atom. The van der Waals surface area contributed by atoms with E-state index in [1.807, 2.05) is 0 Å². The fraction of sp³-hybridized carbons (Fsp3) is 0.381. The van der Waals surface area contributed by atoms with Gasteiger partial charge in [-0.15, -0.1) is 0 Å². The lowest BCUT2D eigenvalue weighted by atomic mass is 9.95. The zero-order valence-corrected chi connectivity index (χ0v) is 18.1. The average molecular weight is 453 g/mol. The van der Waals surface area contributed by atoms with Crippen molar-refractivity contribution in [1.82, 2.24) is 5.32 Å². The van der Waals surface area contributed by atoms with Gasteiger partial charge >= 0.3 is 0 Å². The molecule has 3 atom stereocenters. The van der Waals surface area contributed by atoms with Gasteiger partial charge in [-0.25, -0.2) is 8.42 Å². The largest absolute Gasteiger partial charge is 0.352 e. The third-order valence-electron chi connectivity index (χ3n) is 5.88. The zero-order chi connectivity index (χ0) is 20.6. The van der Waals surface area contributed by atoms with Crippen molar-refractivity contribution in [3.8, 4) is 0 Å². The third-order valence-corrected chi connectivity index (χ3v) is 8.19. The van der Waals surface area contributed by atoms with Crippen LogP contribution in [-0.4, -0.2) is 26.9 Å². The first kappa shape index (κ1) is 20.5. The third kappa shape index (κ3) is 4.25. The molecule has 2 bridgehead atoms. The van der Waals surface area contributed by atoms with E-state index in [1.165, 1.54) is 30.7 Å². The summed E-state index contributed by atoms with van der Waals surface area (Å²) in [5.41, 5.74) is 0.225. The molecule has 1 N–H and O–H groups in total. The van der Waals surface area contributed by atoms with Crippen molar-refractivity contribution < 1.29 is 13.2 Å². The highest BCUT2D eigenvalue weighted by atomic mass is 35.5. The van der Waals surface area contributed by atoms with E-state index in [1.54, 1.807) is 24.3 Å². The van der Waals surface area contributed by atoms with E-state index in [4.69, 9.17) is 23.2 Å². The molecule has 2 aliphatic rings. The summed E-state index contributed by atoms with van der Waals surface area (Å²) >= 11 is 12.3. The quantitative estimate of drug-likeness (QED) is 0.701. The van der Waals surface area contributed by atoms with Gasteiger partial charge in [0.1, 0.15) is 6.54 Å². The Morgan fingerprint density at radius 1 is 1.07 bits per heavy atom. The van der Waals surface area contributed by atoms with Crippen LogP contribution >= 0.6 is 23.2 Å². The molecule has 0 unspecified atom stereocenters. The molecule has 2 aliphatic carbocycles. The van der Waals surface area contributed by atoms with Gasteiger partial charge in [-0.2, -0.15) is 0 Å². The van der Waals surface area contributed by atoms with Crippen molar-refractivity contribution in [2.24, 2.45) is 11.8 Å². The number of rotatable bonds is 6. The minimum absolute atomic E-state index is 0.0961. The van der Waals surface area contributed by atoms with Gasteiger partial charge in [0.25, 0.3) is 10.0 Å². The van der Waals surface area contributed by atoms with Crippen molar-refractivity contribution in [2.75, 3.05) is 10.8 Å². The fourth-order valence-electron chi connectivity index (χ4n) is 4.51. The van der Waals surface area contributed by atoms with Crippen LogP contribution in [0.25, 0.3) is 0 Å². The van der Waals surface area contributed by atoms with Gasteiger partial charge < -0.3 is 5.32 Å². The van der Waals surface area contributed by atoms with Gasteiger partial charge in [-0.3, -0.25) is 9.10 Å². The number of amides is 1. The molecule has 2 fully saturated rings. The van der Waals surface area contributed by atoms with Gasteiger partial charge in [0.2, 0.25) is 5.91 Å². The number of carbonyl (C=O) groups is 1. The summed E-state index contributed by atoms with van der Waals surface area (Å²) in [6.45, 7) is -0.341. The molecule has 0 heterocycles. The SMILES string of the molecule is O=C(CN(c1ccc(Cl)cc1Cl)S(=O)(=O)c1ccccc1)N[C@@H]1C[C@@H]2CC[C@H]1C2. The van der Waals surface area contributed by atoms with Gasteiger partial charge in [0.15, 0.2) is 0 Å². The van der Waals surface area contributed by atoms with Crippen LogP contribution in [-0.2, 0) is 14.8 Å². The van der Waals surface area contributed by atoms with E-state index in [0.717, 1.165) is 23.6 Å². The molecule has 1 amide bonds. The second-order valence-corrected chi connectivity index (χ2v) is 10.5. The second kappa shape index (κ2) is 8.17. The molecule has 0 spiro atoms. The highest BCUT2D eigenvalue weighted by molar-refractivity contribution is 7.92. The molecule has 8 heteroatoms. The molecule has 0 aliphatic heterocycles. The zero-order valence-electron chi connectivity index (χ0n) is 15.7. The minimum Gasteiger partial charge on any atom is -0.352 e. The van der Waals surface area contributed by atoms with E-state index in [-0.39, 0.29) is 34.1 Å². The van der Waals surface area contributed by atoms with Gasteiger partial charge in [0.05, 0.1) is 15.6 Å². The van der Waals surface area contributed by atoms with Gasteiger partial charge in [-0.1, -0.05) is 47.8 Å². The van der Waals surface area contributed by atoms with Crippen LogP contribution < -0.4 is 9.62 Å². The lowest BCUT2D eigenvalue weighted by Gasteiger charge is -2.27. The van der Waals surface area contributed by atoms with E-state index >= 15 is 0 Å². The maximum atomic E-state index is 13.3. The maximum Gasteiger partial charge on any atom is 0.264 e. The Morgan fingerprint density at radius 2 is 1.83 bits per heavy atom. The Labute approximate surface area is 181 Å². The summed E-state index contributed by atoms with van der Waals surface area (Å²) in [6.07, 6.45) is 4.49. The van der Waals surface area contributed by atoms with E-state index < -0.39 is 10.0 Å². The summed E-state index contributed by atoms with van der Waals surface area (Å²) in [4.78, 5) is 12.9. The number of carbonyl (C=O) groups excluding carboxylic acids is 1. The molecular weight excluding hydrogens is 431 g/mol. The van der Waals surface area contributed by atoms with Crippen LogP contribution in [0, 0.1) is 11.8 Å². The van der Waals surface area contributed by atoms with Crippen LogP contribution in [0.1, 0.15) is 25.7 Å². The van der Waals surface area contributed by atoms with E-state index in [2.05, 4.69) is 5.32 Å². The van der Waals surface area contributed by atoms with Gasteiger partial charge in [-0.05, 0) is 61.4 Å². The molecule has 0 radical (unpaired) electrons. The van der Waals surface area contributed by atoms with Crippen LogP contribution in [0.5, 0.6) is 0 Å². The minimum atomic E-state index is -3.98. The topological polar surface area (TPSA) is 66.5 Å². The molecule has 2 saturated carbocycles. The predicted octanol–water partition coefficient (Wildman–Crippen LogP) is 4.49. The predicted molar refractivity (Wildman–Crippen MR) is 115 cm³/mol. The lowest BCUT2D eigenvalue weighted by molar-refractivity contribution is -0.120. The molecule has 154 valence electrons. The number of nitrogens with zero attached hydrogens (tertiary/aromatic N) is 1. The first-order chi connectivity index (χ1) is 13.8. The van der Waals surface area contributed by atoms with Crippen molar-refractivity contribution in [1.29, 1.82) is 0 Å². The molecule has 2 aromatic rings. The molecule has 0 saturated heterocycles. The number of sulfonamides is 1. The first-order valence-corrected chi connectivity index (χ1v) is 11.9. The summed E-state index contributed by atoms with van der Waals surface area (Å²) in [5, 5.41) is 3.61. The van der Waals surface area contributed by atoms with Crippen molar-refractivity contribution in [2.45, 2.75) is 36.6 Å². The Hall–Kier alpha value is -1.76. The maximum absolute atomic E-state index is 13.3. The van der Waals surface area contributed by atoms with E-state index in [9.17, 15) is 13.2 Å². The smallest absolute Gasteiger partial charge is 0.264 e. The standard InChI is InChI=1S/C21H22Cl2N2O3S/c22-16-8-9-20(18(23)12-16)25(29(27,28)17-4-2-1-3-5-17)13-21(26)24-19-11-14-6-7-15(19)10-14/h1-5,8-9,12,14-15,19H,6-7,10-11,13H2,(H,24,26)/t14-,15+,19-/m1/s1. The molecule has 4 rings (SSSR count). The molecule has 29 heavy (non-hydrogen) atoms. The monoisotopic (exact) mass is 452 g/mol. The molecule has 2 aromatic carbocycles. The van der Waals surface area contributed by atoms with Crippen LogP contribution in [0.2, 0.25) is 10.0 Å². The summed E-state index contributed by atoms with van der Waals surface area (Å²) in [6, 6.07) is 12.7. The number of halogens is 2. The fourth-order valence-corrected chi connectivity index (χ4v) is 6.53. The lowest BCUT2D eigenvalue weighted by Crippen LogP contribution is -2.46. The van der Waals surface area contributed by atoms with Crippen molar-refractivity contribution in [3.05, 3.63) is 58.6 Å². The van der Waals surface area contributed by atoms with Crippen LogP contribution in [0.4, 0.5) is 5.69 Å². The Bertz CT molecular complexity index is 1010. The number of anilines is 1. The van der Waals surface area contributed by atoms with Gasteiger partial charge in [0, 0.05) is 11.1 Å². The van der Waals surface area contributed by atoms with Crippen LogP contribution in [0.15, 0.2) is 53.4 Å². The highest BCUT2D eigenvalue weighted by Gasteiger charge is 2.40. The highest BCUT2D eigenvalue weighted by Crippen LogP contribution is 2.44. The molecular formula is C21H22Cl2N2O3S. The number of nitrogens with one attached hydrogen (secondary N) is 1. The van der Waals surface area contributed by atoms with Crippen molar-refractivity contribution in [3.63, 3.8) is 0 Å². The van der Waals surface area contributed by atoms with Crippen molar-refractivity contribution >= 4 is 44.8 Å². The van der Waals surface area contributed by atoms with Crippen LogP contribution in [0.3, 0.4) is 0 Å². The summed E-state index contributed by atoms with van der Waals surface area (Å²) in [7, 11) is -3.98. The second-order valence-electron chi connectivity index (χ2n) is 7.77. The summed E-state index contributed by atoms with van der Waals surface area (Å²) < 4.78 is 27.7. The Kier molecular flexibility index (Phi) is 5.78. The summed E-state index contributed by atoms with van der Waals surface area (Å²) in [5.74, 6) is 0.857. The normalized spacial score (nSPS) is 23.2. The van der Waals surface area contributed by atoms with E-state index in [0.29, 0.717) is 16.9 Å².